The number of nitrogens with two attached hydrogens (primary N) is 2. The third kappa shape index (κ3) is 6.20. The van der Waals surface area contributed by atoms with Crippen molar-refractivity contribution in [2.24, 2.45) is 17.5 Å². The third-order valence-corrected chi connectivity index (χ3v) is 5.63. The van der Waals surface area contributed by atoms with Gasteiger partial charge in [-0.3, -0.25) is 15.0 Å². The van der Waals surface area contributed by atoms with Crippen LogP contribution in [0.4, 0.5) is 17.6 Å². The molecule has 1 atom stereocenters. The lowest BCUT2D eigenvalue weighted by molar-refractivity contribution is -0.123. The maximum atomic E-state index is 14.4. The van der Waals surface area contributed by atoms with Crippen LogP contribution in [0.1, 0.15) is 40.7 Å². The van der Waals surface area contributed by atoms with E-state index in [9.17, 15) is 27.2 Å². The van der Waals surface area contributed by atoms with Gasteiger partial charge in [-0.1, -0.05) is 6.07 Å². The number of benzene rings is 2. The molecular weight excluding hydrogens is 514 g/mol. The first-order chi connectivity index (χ1) is 18.2. The lowest BCUT2D eigenvalue weighted by atomic mass is 10.0. The molecule has 1 aliphatic rings. The van der Waals surface area contributed by atoms with Crippen molar-refractivity contribution in [2.75, 3.05) is 6.61 Å². The number of alkyl halides is 2. The van der Waals surface area contributed by atoms with Gasteiger partial charge in [-0.05, 0) is 43.0 Å². The quantitative estimate of drug-likeness (QED) is 0.126. The molecule has 3 aromatic rings. The molecule has 0 saturated heterocycles. The largest absolute Gasteiger partial charge is 0.489 e. The van der Waals surface area contributed by atoms with E-state index in [0.717, 1.165) is 25.0 Å². The first kappa shape index (κ1) is 26.9. The zero-order valence-corrected chi connectivity index (χ0v) is 19.7. The maximum absolute atomic E-state index is 14.4. The molecule has 1 saturated carbocycles. The number of carbonyl (C=O) groups is 2. The maximum Gasteiger partial charge on any atom is 0.387 e. The smallest absolute Gasteiger partial charge is 0.387 e. The number of amides is 2. The van der Waals surface area contributed by atoms with Crippen molar-refractivity contribution in [1.29, 1.82) is 0 Å². The van der Waals surface area contributed by atoms with Gasteiger partial charge in [0.1, 0.15) is 17.7 Å². The first-order valence-corrected chi connectivity index (χ1v) is 11.4. The highest BCUT2D eigenvalue weighted by Gasteiger charge is 2.29. The van der Waals surface area contributed by atoms with E-state index in [2.05, 4.69) is 15.0 Å². The van der Waals surface area contributed by atoms with Crippen LogP contribution in [0.2, 0.25) is 0 Å². The van der Waals surface area contributed by atoms with Crippen LogP contribution in [0, 0.1) is 17.6 Å². The zero-order chi connectivity index (χ0) is 27.4. The molecular formula is C24H23F4N5O5. The number of hydrogen-bond donors (Lipinski definition) is 4. The van der Waals surface area contributed by atoms with E-state index in [-0.39, 0.29) is 46.5 Å². The molecule has 38 heavy (non-hydrogen) atoms. The summed E-state index contributed by atoms with van der Waals surface area (Å²) >= 11 is 0. The summed E-state index contributed by atoms with van der Waals surface area (Å²) in [6.45, 7) is -3.05. The van der Waals surface area contributed by atoms with Crippen LogP contribution < -0.4 is 31.8 Å². The van der Waals surface area contributed by atoms with Gasteiger partial charge < -0.3 is 24.9 Å². The molecule has 1 fully saturated rings. The van der Waals surface area contributed by atoms with E-state index in [1.165, 1.54) is 18.2 Å². The Morgan fingerprint density at radius 2 is 1.89 bits per heavy atom. The molecule has 1 aliphatic carbocycles. The van der Waals surface area contributed by atoms with Crippen LogP contribution in [0.15, 0.2) is 40.8 Å². The second kappa shape index (κ2) is 11.5. The number of hydrogen-bond acceptors (Lipinski definition) is 8. The van der Waals surface area contributed by atoms with Crippen LogP contribution in [0.5, 0.6) is 11.5 Å². The highest BCUT2D eigenvalue weighted by molar-refractivity contribution is 5.97. The van der Waals surface area contributed by atoms with Crippen molar-refractivity contribution in [1.82, 2.24) is 15.7 Å². The Labute approximate surface area is 213 Å². The van der Waals surface area contributed by atoms with Crippen molar-refractivity contribution in [3.63, 3.8) is 0 Å². The molecule has 0 radical (unpaired) electrons. The molecule has 0 bridgehead atoms. The van der Waals surface area contributed by atoms with Crippen LogP contribution in [-0.4, -0.2) is 30.0 Å². The minimum absolute atomic E-state index is 0.0275. The monoisotopic (exact) mass is 537 g/mol. The summed E-state index contributed by atoms with van der Waals surface area (Å²) in [5.41, 5.74) is 7.09. The standard InChI is InChI=1S/C24H23F4N5O5/c25-13-4-5-14(15(26)8-13)19(22(35)33-30)31-21(34)20-18(9-29)37-23(32-20)12-3-6-16(38-24(27)28)17(7-12)36-10-11-1-2-11/h3-8,11,19,24H,1-2,9-10,29-30H2,(H,31,34)(H,33,35). The SMILES string of the molecule is NCc1oc(-c2ccc(OC(F)F)c(OCC3CC3)c2)nc1C(=O)NC(C(=O)NN)c1ccc(F)cc1F. The minimum Gasteiger partial charge on any atom is -0.489 e. The summed E-state index contributed by atoms with van der Waals surface area (Å²) in [7, 11) is 0. The molecule has 2 amide bonds. The molecule has 6 N–H and O–H groups in total. The lowest BCUT2D eigenvalue weighted by Crippen LogP contribution is -2.43. The van der Waals surface area contributed by atoms with Crippen molar-refractivity contribution >= 4 is 11.8 Å². The van der Waals surface area contributed by atoms with Gasteiger partial charge in [0.2, 0.25) is 5.89 Å². The van der Waals surface area contributed by atoms with Crippen LogP contribution in [0.25, 0.3) is 11.5 Å². The van der Waals surface area contributed by atoms with E-state index in [0.29, 0.717) is 18.6 Å². The van der Waals surface area contributed by atoms with Gasteiger partial charge in [-0.2, -0.15) is 8.78 Å². The van der Waals surface area contributed by atoms with Gasteiger partial charge in [-0.15, -0.1) is 0 Å². The normalized spacial score (nSPS) is 13.8. The van der Waals surface area contributed by atoms with Gasteiger partial charge in [0, 0.05) is 17.2 Å². The highest BCUT2D eigenvalue weighted by Crippen LogP contribution is 2.36. The van der Waals surface area contributed by atoms with E-state index in [1.807, 2.05) is 5.43 Å². The summed E-state index contributed by atoms with van der Waals surface area (Å²) in [6.07, 6.45) is 1.93. The summed E-state index contributed by atoms with van der Waals surface area (Å²) in [5, 5.41) is 2.28. The van der Waals surface area contributed by atoms with E-state index >= 15 is 0 Å². The second-order valence-electron chi connectivity index (χ2n) is 8.37. The van der Waals surface area contributed by atoms with Gasteiger partial charge in [0.15, 0.2) is 23.0 Å². The number of hydrazine groups is 1. The van der Waals surface area contributed by atoms with Crippen LogP contribution in [0.3, 0.4) is 0 Å². The third-order valence-electron chi connectivity index (χ3n) is 5.63. The molecule has 1 heterocycles. The number of ether oxygens (including phenoxy) is 2. The van der Waals surface area contributed by atoms with Gasteiger partial charge >= 0.3 is 6.61 Å². The van der Waals surface area contributed by atoms with Crippen molar-refractivity contribution in [2.45, 2.75) is 32.0 Å². The number of nitrogens with zero attached hydrogens (tertiary/aromatic N) is 1. The molecule has 1 aromatic heterocycles. The van der Waals surface area contributed by atoms with Gasteiger partial charge in [-0.25, -0.2) is 19.6 Å². The minimum atomic E-state index is -3.07. The average molecular weight is 537 g/mol. The van der Waals surface area contributed by atoms with Gasteiger partial charge in [0.05, 0.1) is 13.2 Å². The first-order valence-electron chi connectivity index (χ1n) is 11.4. The molecule has 202 valence electrons. The van der Waals surface area contributed by atoms with Gasteiger partial charge in [0.25, 0.3) is 11.8 Å². The second-order valence-corrected chi connectivity index (χ2v) is 8.37. The summed E-state index contributed by atoms with van der Waals surface area (Å²) in [5.74, 6) is 1.20. The van der Waals surface area contributed by atoms with Crippen LogP contribution in [-0.2, 0) is 11.3 Å². The molecule has 1 unspecified atom stereocenters. The number of carbonyl (C=O) groups excluding carboxylic acids is 2. The molecule has 14 heteroatoms. The van der Waals surface area contributed by atoms with Crippen molar-refractivity contribution < 1.29 is 41.0 Å². The molecule has 10 nitrogen and oxygen atoms in total. The number of aromatic nitrogens is 1. The zero-order valence-electron chi connectivity index (χ0n) is 19.7. The predicted octanol–water partition coefficient (Wildman–Crippen LogP) is 2.93. The number of oxazole rings is 1. The fourth-order valence-electron chi connectivity index (χ4n) is 3.53. The molecule has 0 spiro atoms. The van der Waals surface area contributed by atoms with Crippen LogP contribution >= 0.6 is 0 Å². The van der Waals surface area contributed by atoms with Crippen molar-refractivity contribution in [3.05, 3.63) is 65.1 Å². The summed E-state index contributed by atoms with van der Waals surface area (Å²) in [6, 6.07) is 4.77. The number of halogens is 4. The Kier molecular flexibility index (Phi) is 8.12. The fraction of sp³-hybridized carbons (Fsp3) is 0.292. The summed E-state index contributed by atoms with van der Waals surface area (Å²) in [4.78, 5) is 29.5. The van der Waals surface area contributed by atoms with E-state index < -0.39 is 36.1 Å². The Bertz CT molecular complexity index is 1330. The number of nitrogens with one attached hydrogen (secondary N) is 2. The van der Waals surface area contributed by atoms with Crippen molar-refractivity contribution in [3.8, 4) is 23.0 Å². The Morgan fingerprint density at radius 1 is 1.13 bits per heavy atom. The summed E-state index contributed by atoms with van der Waals surface area (Å²) < 4.78 is 69.1. The Morgan fingerprint density at radius 3 is 2.53 bits per heavy atom. The molecule has 2 aromatic carbocycles. The molecule has 4 rings (SSSR count). The number of rotatable bonds is 11. The molecule has 0 aliphatic heterocycles. The predicted molar refractivity (Wildman–Crippen MR) is 124 cm³/mol. The lowest BCUT2D eigenvalue weighted by Gasteiger charge is -2.17. The topological polar surface area (TPSA) is 155 Å². The average Bonchev–Trinajstić information content (AvgIpc) is 3.62. The fourth-order valence-corrected chi connectivity index (χ4v) is 3.53. The van der Waals surface area contributed by atoms with E-state index in [4.69, 9.17) is 20.7 Å². The highest BCUT2D eigenvalue weighted by atomic mass is 19.3. The Hall–Kier alpha value is -4.17. The van der Waals surface area contributed by atoms with E-state index in [1.54, 1.807) is 0 Å². The Balaban J connectivity index is 1.63.